The summed E-state index contributed by atoms with van der Waals surface area (Å²) in [6, 6.07) is 3.08. The molecule has 0 aliphatic heterocycles. The minimum Gasteiger partial charge on any atom is -0.383 e. The molecule has 19 heavy (non-hydrogen) atoms. The number of aromatic amines is 1. The molecule has 0 radical (unpaired) electrons. The van der Waals surface area contributed by atoms with Crippen molar-refractivity contribution in [2.75, 3.05) is 13.7 Å². The number of halogens is 2. The predicted molar refractivity (Wildman–Crippen MR) is 77.9 cm³/mol. The van der Waals surface area contributed by atoms with Crippen molar-refractivity contribution in [3.8, 4) is 0 Å². The lowest BCUT2D eigenvalue weighted by Crippen LogP contribution is -2.14. The van der Waals surface area contributed by atoms with Crippen molar-refractivity contribution < 1.29 is 9.13 Å². The summed E-state index contributed by atoms with van der Waals surface area (Å²) in [6.07, 6.45) is 1.91. The number of ether oxygens (including phenoxy) is 1. The van der Waals surface area contributed by atoms with Gasteiger partial charge in [-0.2, -0.15) is 0 Å². The van der Waals surface area contributed by atoms with Crippen LogP contribution in [-0.2, 0) is 4.74 Å². The van der Waals surface area contributed by atoms with E-state index in [-0.39, 0.29) is 11.1 Å². The number of nitrogens with one attached hydrogen (secondary N) is 1. The highest BCUT2D eigenvalue weighted by molar-refractivity contribution is 7.71. The Morgan fingerprint density at radius 2 is 2.26 bits per heavy atom. The molecule has 1 atom stereocenters. The second kappa shape index (κ2) is 6.03. The van der Waals surface area contributed by atoms with Crippen molar-refractivity contribution in [2.24, 2.45) is 0 Å². The highest BCUT2D eigenvalue weighted by Crippen LogP contribution is 2.27. The third-order valence-corrected chi connectivity index (χ3v) is 3.69. The minimum atomic E-state index is -0.440. The van der Waals surface area contributed by atoms with Gasteiger partial charge in [0.1, 0.15) is 5.82 Å². The normalized spacial score (nSPS) is 13.1. The van der Waals surface area contributed by atoms with E-state index in [0.29, 0.717) is 11.4 Å². The van der Waals surface area contributed by atoms with Crippen LogP contribution in [0.4, 0.5) is 4.39 Å². The zero-order valence-electron chi connectivity index (χ0n) is 10.9. The number of fused-ring (bicyclic) bond motifs is 1. The molecule has 1 aromatic carbocycles. The van der Waals surface area contributed by atoms with Crippen molar-refractivity contribution in [3.63, 3.8) is 0 Å². The fraction of sp³-hybridized carbons (Fsp3) is 0.462. The maximum absolute atomic E-state index is 13.6. The van der Waals surface area contributed by atoms with E-state index < -0.39 is 5.82 Å². The summed E-state index contributed by atoms with van der Waals surface area (Å²) in [5.41, 5.74) is 1.47. The SMILES string of the molecule is CCCC(COC)n1c(=S)[nH]c2cc(Cl)c(F)cc21. The molecule has 3 nitrogen and oxygen atoms in total. The molecule has 2 aromatic rings. The van der Waals surface area contributed by atoms with E-state index in [9.17, 15) is 4.39 Å². The molecule has 0 amide bonds. The van der Waals surface area contributed by atoms with E-state index in [1.54, 1.807) is 13.2 Å². The van der Waals surface area contributed by atoms with E-state index in [1.807, 2.05) is 4.57 Å². The topological polar surface area (TPSA) is 29.9 Å². The van der Waals surface area contributed by atoms with Crippen LogP contribution >= 0.6 is 23.8 Å². The van der Waals surface area contributed by atoms with Gasteiger partial charge in [0.25, 0.3) is 0 Å². The average Bonchev–Trinajstić information content (AvgIpc) is 2.65. The number of aromatic nitrogens is 2. The first-order valence-corrected chi connectivity index (χ1v) is 6.95. The second-order valence-electron chi connectivity index (χ2n) is 4.48. The highest BCUT2D eigenvalue weighted by Gasteiger charge is 2.16. The zero-order chi connectivity index (χ0) is 14.0. The smallest absolute Gasteiger partial charge is 0.178 e. The number of rotatable bonds is 5. The lowest BCUT2D eigenvalue weighted by atomic mass is 10.1. The lowest BCUT2D eigenvalue weighted by Gasteiger charge is -2.18. The predicted octanol–water partition coefficient (Wildman–Crippen LogP) is 4.48. The van der Waals surface area contributed by atoms with Crippen molar-refractivity contribution in [2.45, 2.75) is 25.8 Å². The van der Waals surface area contributed by atoms with Crippen LogP contribution in [0.1, 0.15) is 25.8 Å². The number of methoxy groups -OCH3 is 1. The summed E-state index contributed by atoms with van der Waals surface area (Å²) in [5.74, 6) is -0.440. The van der Waals surface area contributed by atoms with Gasteiger partial charge in [-0.25, -0.2) is 4.39 Å². The summed E-state index contributed by atoms with van der Waals surface area (Å²) in [6.45, 7) is 2.64. The standard InChI is InChI=1S/C13H16ClFN2OS/c1-3-4-8(7-18-2)17-12-6-10(15)9(14)5-11(12)16-13(17)19/h5-6,8H,3-4,7H2,1-2H3,(H,16,19). The quantitative estimate of drug-likeness (QED) is 0.825. The number of hydrogen-bond donors (Lipinski definition) is 1. The maximum Gasteiger partial charge on any atom is 0.178 e. The molecular weight excluding hydrogens is 287 g/mol. The third kappa shape index (κ3) is 2.83. The van der Waals surface area contributed by atoms with Gasteiger partial charge in [0.2, 0.25) is 0 Å². The first-order valence-electron chi connectivity index (χ1n) is 6.16. The van der Waals surface area contributed by atoms with Crippen LogP contribution in [0, 0.1) is 10.6 Å². The van der Waals surface area contributed by atoms with Gasteiger partial charge in [-0.1, -0.05) is 24.9 Å². The molecule has 0 saturated heterocycles. The Bertz CT molecular complexity index is 631. The Morgan fingerprint density at radius 3 is 2.89 bits per heavy atom. The summed E-state index contributed by atoms with van der Waals surface area (Å²) in [4.78, 5) is 3.06. The molecular formula is C13H16ClFN2OS. The Labute approximate surface area is 121 Å². The van der Waals surface area contributed by atoms with Crippen LogP contribution in [0.2, 0.25) is 5.02 Å². The summed E-state index contributed by atoms with van der Waals surface area (Å²) in [5, 5.41) is 0.0923. The van der Waals surface area contributed by atoms with Crippen molar-refractivity contribution in [1.29, 1.82) is 0 Å². The molecule has 104 valence electrons. The number of imidazole rings is 1. The molecule has 6 heteroatoms. The second-order valence-corrected chi connectivity index (χ2v) is 5.28. The van der Waals surface area contributed by atoms with Gasteiger partial charge >= 0.3 is 0 Å². The Kier molecular flexibility index (Phi) is 4.60. The molecule has 0 aliphatic carbocycles. The van der Waals surface area contributed by atoms with Gasteiger partial charge < -0.3 is 14.3 Å². The van der Waals surface area contributed by atoms with Crippen molar-refractivity contribution >= 4 is 34.9 Å². The molecule has 0 spiro atoms. The Morgan fingerprint density at radius 1 is 1.53 bits per heavy atom. The molecule has 2 rings (SSSR count). The van der Waals surface area contributed by atoms with Crippen LogP contribution in [0.25, 0.3) is 11.0 Å². The first-order chi connectivity index (χ1) is 9.08. The molecule has 1 heterocycles. The number of hydrogen-bond acceptors (Lipinski definition) is 2. The van der Waals surface area contributed by atoms with Crippen LogP contribution < -0.4 is 0 Å². The lowest BCUT2D eigenvalue weighted by molar-refractivity contribution is 0.151. The summed E-state index contributed by atoms with van der Waals surface area (Å²) in [7, 11) is 1.65. The van der Waals surface area contributed by atoms with Gasteiger partial charge in [-0.3, -0.25) is 0 Å². The van der Waals surface area contributed by atoms with Gasteiger partial charge in [0.05, 0.1) is 28.7 Å². The molecule has 0 fully saturated rings. The molecule has 0 bridgehead atoms. The molecule has 0 saturated carbocycles. The fourth-order valence-electron chi connectivity index (χ4n) is 2.30. The van der Waals surface area contributed by atoms with Gasteiger partial charge in [0, 0.05) is 13.2 Å². The highest BCUT2D eigenvalue weighted by atomic mass is 35.5. The van der Waals surface area contributed by atoms with Crippen molar-refractivity contribution in [3.05, 3.63) is 27.7 Å². The van der Waals surface area contributed by atoms with Gasteiger partial charge in [-0.15, -0.1) is 0 Å². The van der Waals surface area contributed by atoms with Crippen molar-refractivity contribution in [1.82, 2.24) is 9.55 Å². The van der Waals surface area contributed by atoms with Gasteiger partial charge in [-0.05, 0) is 24.7 Å². The Balaban J connectivity index is 2.60. The third-order valence-electron chi connectivity index (χ3n) is 3.10. The zero-order valence-corrected chi connectivity index (χ0v) is 12.4. The summed E-state index contributed by atoms with van der Waals surface area (Å²) >= 11 is 11.1. The maximum atomic E-state index is 13.6. The first kappa shape index (κ1) is 14.5. The monoisotopic (exact) mass is 302 g/mol. The number of benzene rings is 1. The molecule has 0 aliphatic rings. The van der Waals surface area contributed by atoms with E-state index in [2.05, 4.69) is 11.9 Å². The number of H-pyrrole nitrogens is 1. The molecule has 1 N–H and O–H groups in total. The van der Waals surface area contributed by atoms with Gasteiger partial charge in [0.15, 0.2) is 4.77 Å². The van der Waals surface area contributed by atoms with Crippen LogP contribution in [0.3, 0.4) is 0 Å². The number of nitrogens with zero attached hydrogens (tertiary/aromatic N) is 1. The average molecular weight is 303 g/mol. The Hall–Kier alpha value is -0.910. The largest absolute Gasteiger partial charge is 0.383 e. The molecule has 1 unspecified atom stereocenters. The minimum absolute atomic E-state index is 0.0923. The molecule has 1 aromatic heterocycles. The van der Waals surface area contributed by atoms with E-state index in [4.69, 9.17) is 28.6 Å². The van der Waals surface area contributed by atoms with Crippen LogP contribution in [-0.4, -0.2) is 23.3 Å². The van der Waals surface area contributed by atoms with Crippen LogP contribution in [0.15, 0.2) is 12.1 Å². The van der Waals surface area contributed by atoms with Crippen LogP contribution in [0.5, 0.6) is 0 Å². The van der Waals surface area contributed by atoms with E-state index in [0.717, 1.165) is 23.9 Å². The fourth-order valence-corrected chi connectivity index (χ4v) is 2.82. The van der Waals surface area contributed by atoms with E-state index >= 15 is 0 Å². The van der Waals surface area contributed by atoms with E-state index in [1.165, 1.54) is 6.07 Å². The summed E-state index contributed by atoms with van der Waals surface area (Å²) < 4.78 is 21.4.